The number of anilines is 1. The Morgan fingerprint density at radius 2 is 1.96 bits per heavy atom. The number of aryl methyl sites for hydroxylation is 2. The van der Waals surface area contributed by atoms with Crippen molar-refractivity contribution in [2.24, 2.45) is 4.99 Å². The van der Waals surface area contributed by atoms with Gasteiger partial charge in [-0.2, -0.15) is 0 Å². The summed E-state index contributed by atoms with van der Waals surface area (Å²) in [5.74, 6) is 1.64. The van der Waals surface area contributed by atoms with E-state index in [9.17, 15) is 0 Å². The Bertz CT molecular complexity index is 898. The first-order chi connectivity index (χ1) is 12.9. The molecule has 1 N–H and O–H groups in total. The molecule has 0 saturated carbocycles. The SMILES string of the molecule is Cc1nc(C)c(Cl)c(NC(c2ccccn2)C2(C)N=CC(CCCl)=C2Cl)n1. The summed E-state index contributed by atoms with van der Waals surface area (Å²) in [6.45, 7) is 5.64. The fourth-order valence-corrected chi connectivity index (χ4v) is 3.75. The van der Waals surface area contributed by atoms with Gasteiger partial charge in [0, 0.05) is 18.3 Å². The molecule has 2 aromatic rings. The van der Waals surface area contributed by atoms with Crippen LogP contribution in [-0.2, 0) is 0 Å². The van der Waals surface area contributed by atoms with Crippen molar-refractivity contribution < 1.29 is 0 Å². The third kappa shape index (κ3) is 3.96. The van der Waals surface area contributed by atoms with Gasteiger partial charge in [-0.05, 0) is 44.9 Å². The normalized spacial score (nSPS) is 20.2. The smallest absolute Gasteiger partial charge is 0.149 e. The molecule has 1 aliphatic heterocycles. The lowest BCUT2D eigenvalue weighted by Gasteiger charge is -2.33. The quantitative estimate of drug-likeness (QED) is 0.642. The first-order valence-corrected chi connectivity index (χ1v) is 9.84. The van der Waals surface area contributed by atoms with Crippen molar-refractivity contribution in [2.45, 2.75) is 38.8 Å². The minimum absolute atomic E-state index is 0.374. The first-order valence-electron chi connectivity index (χ1n) is 8.55. The molecular formula is C19H20Cl3N5. The Kier molecular flexibility index (Phi) is 6.04. The fourth-order valence-electron chi connectivity index (χ4n) is 3.11. The standard InChI is InChI=1S/C19H20Cl3N5/c1-11-15(21)18(26-12(2)25-11)27-17(14-6-4-5-9-23-14)19(3)16(22)13(7-8-20)10-24-19/h4-6,9-10,17H,7-8H2,1-3H3,(H,25,26,27). The van der Waals surface area contributed by atoms with Gasteiger partial charge in [-0.1, -0.05) is 29.3 Å². The van der Waals surface area contributed by atoms with Crippen molar-refractivity contribution in [3.05, 3.63) is 57.2 Å². The number of rotatable bonds is 6. The van der Waals surface area contributed by atoms with Crippen molar-refractivity contribution in [3.63, 3.8) is 0 Å². The summed E-state index contributed by atoms with van der Waals surface area (Å²) in [6.07, 6.45) is 4.18. The van der Waals surface area contributed by atoms with Crippen LogP contribution in [0.15, 0.2) is 40.0 Å². The number of allylic oxidation sites excluding steroid dienone is 1. The van der Waals surface area contributed by atoms with E-state index in [-0.39, 0.29) is 6.04 Å². The number of aromatic nitrogens is 3. The van der Waals surface area contributed by atoms with E-state index < -0.39 is 5.54 Å². The van der Waals surface area contributed by atoms with Gasteiger partial charge in [-0.3, -0.25) is 9.98 Å². The van der Waals surface area contributed by atoms with Crippen molar-refractivity contribution in [1.82, 2.24) is 15.0 Å². The summed E-state index contributed by atoms with van der Waals surface area (Å²) in [6, 6.07) is 5.34. The minimum Gasteiger partial charge on any atom is -0.358 e. The van der Waals surface area contributed by atoms with Gasteiger partial charge < -0.3 is 5.32 Å². The highest BCUT2D eigenvalue weighted by molar-refractivity contribution is 6.34. The topological polar surface area (TPSA) is 63.1 Å². The molecule has 1 aliphatic rings. The molecule has 0 radical (unpaired) electrons. The molecule has 0 spiro atoms. The van der Waals surface area contributed by atoms with Crippen LogP contribution in [0.25, 0.3) is 0 Å². The molecule has 142 valence electrons. The Hall–Kier alpha value is -1.69. The lowest BCUT2D eigenvalue weighted by atomic mass is 9.89. The molecular weight excluding hydrogens is 405 g/mol. The van der Waals surface area contributed by atoms with Gasteiger partial charge >= 0.3 is 0 Å². The number of alkyl halides is 1. The zero-order chi connectivity index (χ0) is 19.6. The van der Waals surface area contributed by atoms with Crippen LogP contribution in [0.1, 0.15) is 36.6 Å². The molecule has 0 bridgehead atoms. The zero-order valence-corrected chi connectivity index (χ0v) is 17.6. The van der Waals surface area contributed by atoms with Gasteiger partial charge in [0.15, 0.2) is 0 Å². The highest BCUT2D eigenvalue weighted by Crippen LogP contribution is 2.44. The number of hydrogen-bond acceptors (Lipinski definition) is 5. The second-order valence-electron chi connectivity index (χ2n) is 6.53. The van der Waals surface area contributed by atoms with Crippen LogP contribution in [0, 0.1) is 13.8 Å². The molecule has 3 heterocycles. The second kappa shape index (κ2) is 8.13. The van der Waals surface area contributed by atoms with Gasteiger partial charge in [0.1, 0.15) is 22.2 Å². The van der Waals surface area contributed by atoms with Gasteiger partial charge in [0.05, 0.1) is 22.5 Å². The van der Waals surface area contributed by atoms with Crippen LogP contribution >= 0.6 is 34.8 Å². The number of halogens is 3. The summed E-state index contributed by atoms with van der Waals surface area (Å²) in [5, 5.41) is 4.52. The van der Waals surface area contributed by atoms with Crippen molar-refractivity contribution >= 4 is 46.8 Å². The van der Waals surface area contributed by atoms with Crippen LogP contribution in [0.4, 0.5) is 5.82 Å². The van der Waals surface area contributed by atoms with Crippen LogP contribution in [-0.4, -0.2) is 32.6 Å². The molecule has 0 amide bonds. The molecule has 2 aromatic heterocycles. The van der Waals surface area contributed by atoms with Gasteiger partial charge in [0.25, 0.3) is 0 Å². The Labute approximate surface area is 173 Å². The molecule has 3 rings (SSSR count). The third-order valence-electron chi connectivity index (χ3n) is 4.53. The number of hydrogen-bond donors (Lipinski definition) is 1. The molecule has 0 aromatic carbocycles. The lowest BCUT2D eigenvalue weighted by molar-refractivity contribution is 0.489. The maximum absolute atomic E-state index is 6.74. The number of nitrogens with zero attached hydrogens (tertiary/aromatic N) is 4. The predicted octanol–water partition coefficient (Wildman–Crippen LogP) is 5.26. The third-order valence-corrected chi connectivity index (χ3v) is 5.80. The largest absolute Gasteiger partial charge is 0.358 e. The summed E-state index contributed by atoms with van der Waals surface area (Å²) in [5.41, 5.74) is 1.66. The molecule has 0 saturated heterocycles. The van der Waals surface area contributed by atoms with Crippen LogP contribution in [0.5, 0.6) is 0 Å². The minimum atomic E-state index is -0.757. The summed E-state index contributed by atoms with van der Waals surface area (Å²) in [7, 11) is 0. The van der Waals surface area contributed by atoms with Gasteiger partial charge in [0.2, 0.25) is 0 Å². The molecule has 2 unspecified atom stereocenters. The fraction of sp³-hybridized carbons (Fsp3) is 0.368. The maximum atomic E-state index is 6.74. The van der Waals surface area contributed by atoms with E-state index in [2.05, 4.69) is 20.3 Å². The number of nitrogens with one attached hydrogen (secondary N) is 1. The van der Waals surface area contributed by atoms with Crippen LogP contribution < -0.4 is 5.32 Å². The van der Waals surface area contributed by atoms with Gasteiger partial charge in [-0.15, -0.1) is 11.6 Å². The summed E-state index contributed by atoms with van der Waals surface area (Å²) >= 11 is 19.1. The highest BCUT2D eigenvalue weighted by Gasteiger charge is 2.43. The number of pyridine rings is 1. The Balaban J connectivity index is 2.08. The average molecular weight is 425 g/mol. The average Bonchev–Trinajstić information content (AvgIpc) is 2.94. The van der Waals surface area contributed by atoms with E-state index in [1.165, 1.54) is 0 Å². The number of aliphatic imine (C=N–C) groups is 1. The monoisotopic (exact) mass is 423 g/mol. The Morgan fingerprint density at radius 1 is 1.19 bits per heavy atom. The van der Waals surface area contributed by atoms with Gasteiger partial charge in [-0.25, -0.2) is 9.97 Å². The zero-order valence-electron chi connectivity index (χ0n) is 15.3. The van der Waals surface area contributed by atoms with Crippen LogP contribution in [0.2, 0.25) is 5.02 Å². The van der Waals surface area contributed by atoms with E-state index in [0.717, 1.165) is 11.3 Å². The van der Waals surface area contributed by atoms with Crippen molar-refractivity contribution in [1.29, 1.82) is 0 Å². The summed E-state index contributed by atoms with van der Waals surface area (Å²) in [4.78, 5) is 18.0. The first kappa shape index (κ1) is 20.1. The van der Waals surface area contributed by atoms with E-state index in [1.807, 2.05) is 39.0 Å². The van der Waals surface area contributed by atoms with Crippen molar-refractivity contribution in [2.75, 3.05) is 11.2 Å². The molecule has 0 aliphatic carbocycles. The Morgan fingerprint density at radius 3 is 2.63 bits per heavy atom. The predicted molar refractivity (Wildman–Crippen MR) is 112 cm³/mol. The van der Waals surface area contributed by atoms with E-state index in [0.29, 0.717) is 39.7 Å². The lowest BCUT2D eigenvalue weighted by Crippen LogP contribution is -2.36. The molecule has 0 fully saturated rings. The van der Waals surface area contributed by atoms with E-state index in [4.69, 9.17) is 39.8 Å². The molecule has 8 heteroatoms. The highest BCUT2D eigenvalue weighted by atomic mass is 35.5. The maximum Gasteiger partial charge on any atom is 0.149 e. The van der Waals surface area contributed by atoms with Crippen molar-refractivity contribution in [3.8, 4) is 0 Å². The molecule has 5 nitrogen and oxygen atoms in total. The van der Waals surface area contributed by atoms with Crippen LogP contribution in [0.3, 0.4) is 0 Å². The molecule has 2 atom stereocenters. The molecule has 27 heavy (non-hydrogen) atoms. The van der Waals surface area contributed by atoms with E-state index >= 15 is 0 Å². The summed E-state index contributed by atoms with van der Waals surface area (Å²) < 4.78 is 0. The second-order valence-corrected chi connectivity index (χ2v) is 7.67. The van der Waals surface area contributed by atoms with E-state index in [1.54, 1.807) is 12.4 Å².